The fourth-order valence-corrected chi connectivity index (χ4v) is 6.53. The van der Waals surface area contributed by atoms with E-state index >= 15 is 0 Å². The van der Waals surface area contributed by atoms with Gasteiger partial charge in [0.25, 0.3) is 10.0 Å². The number of sulfonamides is 1. The molecule has 0 saturated carbocycles. The highest BCUT2D eigenvalue weighted by Crippen LogP contribution is 2.27. The molecule has 0 aliphatic carbocycles. The smallest absolute Gasteiger partial charge is 0.264 e. The van der Waals surface area contributed by atoms with Gasteiger partial charge in [-0.25, -0.2) is 8.42 Å². The lowest BCUT2D eigenvalue weighted by molar-refractivity contribution is -0.140. The van der Waals surface area contributed by atoms with Crippen molar-refractivity contribution in [2.24, 2.45) is 0 Å². The van der Waals surface area contributed by atoms with E-state index in [0.29, 0.717) is 18.0 Å². The van der Waals surface area contributed by atoms with Crippen molar-refractivity contribution in [1.29, 1.82) is 0 Å². The van der Waals surface area contributed by atoms with Gasteiger partial charge in [0.05, 0.1) is 17.2 Å². The van der Waals surface area contributed by atoms with Gasteiger partial charge in [-0.2, -0.15) is 0 Å². The molecule has 9 heteroatoms. The van der Waals surface area contributed by atoms with Gasteiger partial charge in [0.15, 0.2) is 0 Å². The SMILES string of the molecule is CCOc1ccc(N(CC(=O)N(Cc2ccccc2C)[C@@H](Cc2ccccc2)C(=O)N[C@@H](C)CC)S(=O)(=O)c2ccccc2)cc1. The number of amides is 2. The number of ether oxygens (including phenoxy) is 1. The lowest BCUT2D eigenvalue weighted by atomic mass is 10.0. The maximum absolute atomic E-state index is 14.6. The average Bonchev–Trinajstić information content (AvgIpc) is 3.07. The van der Waals surface area contributed by atoms with Crippen LogP contribution in [0.4, 0.5) is 5.69 Å². The van der Waals surface area contributed by atoms with E-state index in [4.69, 9.17) is 4.74 Å². The topological polar surface area (TPSA) is 96.0 Å². The Labute approximate surface area is 273 Å². The molecule has 0 fully saturated rings. The minimum Gasteiger partial charge on any atom is -0.494 e. The molecule has 1 N–H and O–H groups in total. The number of rotatable bonds is 15. The number of carbonyl (C=O) groups is 2. The summed E-state index contributed by atoms with van der Waals surface area (Å²) in [7, 11) is -4.17. The Bertz CT molecular complexity index is 1680. The molecule has 4 aromatic carbocycles. The molecule has 46 heavy (non-hydrogen) atoms. The van der Waals surface area contributed by atoms with Crippen molar-refractivity contribution in [3.63, 3.8) is 0 Å². The van der Waals surface area contributed by atoms with Gasteiger partial charge >= 0.3 is 0 Å². The van der Waals surface area contributed by atoms with E-state index < -0.39 is 28.5 Å². The fourth-order valence-electron chi connectivity index (χ4n) is 5.09. The van der Waals surface area contributed by atoms with Gasteiger partial charge in [0, 0.05) is 19.0 Å². The Morgan fingerprint density at radius 1 is 0.826 bits per heavy atom. The summed E-state index contributed by atoms with van der Waals surface area (Å²) in [6, 6.07) is 30.9. The molecule has 0 aromatic heterocycles. The van der Waals surface area contributed by atoms with E-state index in [1.165, 1.54) is 17.0 Å². The zero-order valence-corrected chi connectivity index (χ0v) is 27.7. The lowest BCUT2D eigenvalue weighted by Crippen LogP contribution is -2.54. The monoisotopic (exact) mass is 641 g/mol. The van der Waals surface area contributed by atoms with Gasteiger partial charge in [0.1, 0.15) is 18.3 Å². The largest absolute Gasteiger partial charge is 0.494 e. The maximum atomic E-state index is 14.6. The number of benzene rings is 4. The number of hydrogen-bond acceptors (Lipinski definition) is 5. The Hall–Kier alpha value is -4.63. The third kappa shape index (κ3) is 8.75. The molecule has 0 unspecified atom stereocenters. The third-order valence-electron chi connectivity index (χ3n) is 7.92. The van der Waals surface area contributed by atoms with Crippen LogP contribution in [0, 0.1) is 6.92 Å². The molecule has 0 bridgehead atoms. The van der Waals surface area contributed by atoms with E-state index in [-0.39, 0.29) is 29.8 Å². The summed E-state index contributed by atoms with van der Waals surface area (Å²) >= 11 is 0. The Kier molecular flexibility index (Phi) is 12.0. The molecule has 2 atom stereocenters. The maximum Gasteiger partial charge on any atom is 0.264 e. The number of carbonyl (C=O) groups excluding carboxylic acids is 2. The van der Waals surface area contributed by atoms with E-state index in [1.807, 2.05) is 82.3 Å². The molecule has 0 saturated heterocycles. The Morgan fingerprint density at radius 2 is 1.43 bits per heavy atom. The highest BCUT2D eigenvalue weighted by molar-refractivity contribution is 7.92. The van der Waals surface area contributed by atoms with Gasteiger partial charge in [-0.05, 0) is 80.3 Å². The second-order valence-electron chi connectivity index (χ2n) is 11.2. The van der Waals surface area contributed by atoms with Crippen LogP contribution in [0.5, 0.6) is 5.75 Å². The van der Waals surface area contributed by atoms with Crippen LogP contribution in [-0.4, -0.2) is 50.4 Å². The van der Waals surface area contributed by atoms with Gasteiger partial charge < -0.3 is 15.0 Å². The summed E-state index contributed by atoms with van der Waals surface area (Å²) in [5.41, 5.74) is 3.01. The van der Waals surface area contributed by atoms with Crippen LogP contribution in [0.15, 0.2) is 114 Å². The van der Waals surface area contributed by atoms with Crippen molar-refractivity contribution in [2.75, 3.05) is 17.5 Å². The van der Waals surface area contributed by atoms with Gasteiger partial charge in [-0.15, -0.1) is 0 Å². The van der Waals surface area contributed by atoms with Crippen molar-refractivity contribution in [2.45, 2.75) is 64.1 Å². The van der Waals surface area contributed by atoms with Crippen LogP contribution in [-0.2, 0) is 32.6 Å². The summed E-state index contributed by atoms with van der Waals surface area (Å²) < 4.78 is 35.0. The number of anilines is 1. The van der Waals surface area contributed by atoms with Crippen LogP contribution < -0.4 is 14.4 Å². The molecule has 4 aromatic rings. The first kappa shape index (κ1) is 34.2. The standard InChI is InChI=1S/C37H43N3O5S/c1-5-29(4)38-37(42)35(25-30-16-9-7-10-17-30)39(26-31-18-14-13-15-28(31)3)36(41)27-40(32-21-23-33(24-22-32)45-6-2)46(43,44)34-19-11-8-12-20-34/h7-24,29,35H,5-6,25-27H2,1-4H3,(H,38,42)/t29-,35-/m0/s1. The van der Waals surface area contributed by atoms with Crippen LogP contribution in [0.3, 0.4) is 0 Å². The van der Waals surface area contributed by atoms with Crippen LogP contribution in [0.1, 0.15) is 43.9 Å². The molecule has 0 radical (unpaired) electrons. The Balaban J connectivity index is 1.81. The number of hydrogen-bond donors (Lipinski definition) is 1. The molecular weight excluding hydrogens is 598 g/mol. The molecule has 0 aliphatic heterocycles. The fraction of sp³-hybridized carbons (Fsp3) is 0.297. The minimum absolute atomic E-state index is 0.0532. The first-order chi connectivity index (χ1) is 22.1. The van der Waals surface area contributed by atoms with E-state index in [9.17, 15) is 18.0 Å². The second kappa shape index (κ2) is 16.1. The van der Waals surface area contributed by atoms with E-state index in [1.54, 1.807) is 42.5 Å². The summed E-state index contributed by atoms with van der Waals surface area (Å²) in [5.74, 6) is -0.212. The summed E-state index contributed by atoms with van der Waals surface area (Å²) in [6.07, 6.45) is 0.978. The third-order valence-corrected chi connectivity index (χ3v) is 9.71. The van der Waals surface area contributed by atoms with Crippen molar-refractivity contribution in [1.82, 2.24) is 10.2 Å². The lowest BCUT2D eigenvalue weighted by Gasteiger charge is -2.34. The first-order valence-corrected chi connectivity index (χ1v) is 17.1. The predicted octanol–water partition coefficient (Wildman–Crippen LogP) is 6.14. The molecule has 2 amide bonds. The zero-order valence-electron chi connectivity index (χ0n) is 26.9. The van der Waals surface area contributed by atoms with Crippen LogP contribution in [0.2, 0.25) is 0 Å². The molecular formula is C37H43N3O5S. The van der Waals surface area contributed by atoms with Gasteiger partial charge in [0.2, 0.25) is 11.8 Å². The molecule has 242 valence electrons. The normalized spacial score (nSPS) is 12.5. The van der Waals surface area contributed by atoms with Crippen LogP contribution >= 0.6 is 0 Å². The average molecular weight is 642 g/mol. The van der Waals surface area contributed by atoms with Gasteiger partial charge in [-0.1, -0.05) is 79.7 Å². The van der Waals surface area contributed by atoms with Gasteiger partial charge in [-0.3, -0.25) is 13.9 Å². The number of aryl methyl sites for hydroxylation is 1. The Morgan fingerprint density at radius 3 is 2.04 bits per heavy atom. The van der Waals surface area contributed by atoms with E-state index in [2.05, 4.69) is 5.32 Å². The molecule has 8 nitrogen and oxygen atoms in total. The molecule has 4 rings (SSSR count). The number of nitrogens with one attached hydrogen (secondary N) is 1. The summed E-state index contributed by atoms with van der Waals surface area (Å²) in [4.78, 5) is 30.1. The number of nitrogens with zero attached hydrogens (tertiary/aromatic N) is 2. The molecule has 0 aliphatic rings. The quantitative estimate of drug-likeness (QED) is 0.168. The molecule has 0 spiro atoms. The minimum atomic E-state index is -4.17. The summed E-state index contributed by atoms with van der Waals surface area (Å²) in [5, 5.41) is 3.07. The van der Waals surface area contributed by atoms with Crippen molar-refractivity contribution >= 4 is 27.5 Å². The summed E-state index contributed by atoms with van der Waals surface area (Å²) in [6.45, 7) is 7.79. The molecule has 0 heterocycles. The van der Waals surface area contributed by atoms with Crippen LogP contribution in [0.25, 0.3) is 0 Å². The van der Waals surface area contributed by atoms with E-state index in [0.717, 1.165) is 27.4 Å². The highest BCUT2D eigenvalue weighted by Gasteiger charge is 2.35. The first-order valence-electron chi connectivity index (χ1n) is 15.6. The highest BCUT2D eigenvalue weighted by atomic mass is 32.2. The zero-order chi connectivity index (χ0) is 33.1. The van der Waals surface area contributed by atoms with Crippen molar-refractivity contribution in [3.05, 3.63) is 126 Å². The predicted molar refractivity (Wildman–Crippen MR) is 182 cm³/mol. The van der Waals surface area contributed by atoms with Crippen molar-refractivity contribution in [3.8, 4) is 5.75 Å². The second-order valence-corrected chi connectivity index (χ2v) is 13.1. The van der Waals surface area contributed by atoms with Crippen molar-refractivity contribution < 1.29 is 22.7 Å².